The lowest BCUT2D eigenvalue weighted by Gasteiger charge is -2.01. The third-order valence-electron chi connectivity index (χ3n) is 3.89. The average Bonchev–Trinajstić information content (AvgIpc) is 3.17. The van der Waals surface area contributed by atoms with Crippen LogP contribution >= 0.6 is 0 Å². The van der Waals surface area contributed by atoms with Crippen LogP contribution in [0.25, 0.3) is 0 Å². The Labute approximate surface area is 313 Å². The number of benzene rings is 4. The van der Waals surface area contributed by atoms with Gasteiger partial charge in [-0.2, -0.15) is 0 Å². The van der Waals surface area contributed by atoms with Crippen LogP contribution in [0.3, 0.4) is 0 Å². The summed E-state index contributed by atoms with van der Waals surface area (Å²) in [7, 11) is 5.90. The van der Waals surface area contributed by atoms with Crippen molar-refractivity contribution in [2.45, 2.75) is 90.0 Å². The summed E-state index contributed by atoms with van der Waals surface area (Å²) in [4.78, 5) is 30.9. The average molecular weight is 713 g/mol. The lowest BCUT2D eigenvalue weighted by atomic mass is 10.2. The number of ketones is 1. The van der Waals surface area contributed by atoms with Gasteiger partial charge in [-0.25, -0.2) is 9.59 Å². The van der Waals surface area contributed by atoms with E-state index in [1.54, 1.807) is 50.6 Å². The van der Waals surface area contributed by atoms with Crippen LogP contribution in [0.1, 0.15) is 99.0 Å². The lowest BCUT2D eigenvalue weighted by Crippen LogP contribution is -2.06. The van der Waals surface area contributed by atoms with Crippen molar-refractivity contribution in [2.24, 2.45) is 0 Å². The van der Waals surface area contributed by atoms with Gasteiger partial charge in [0.25, 0.3) is 0 Å². The third-order valence-corrected chi connectivity index (χ3v) is 3.89. The van der Waals surface area contributed by atoms with E-state index in [1.165, 1.54) is 34.5 Å². The Kier molecular flexibility index (Phi) is 69.3. The SMILES string of the molecule is C.CC.CC.CC.CC(C)=O.CCC.COC.COC(=O)Oc1cccc(C)c1.COC(=O)c1ccccc1.c1ccccc1.c1ccccc1. The molecule has 0 aliphatic rings. The second-order valence-corrected chi connectivity index (χ2v) is 8.56. The Morgan fingerprint density at radius 3 is 1.08 bits per heavy atom. The number of Topliss-reactive ketones (excluding diaryl/α,β-unsaturated/α-hetero) is 1. The standard InChI is InChI=1S/C9H10O3.C8H8O2.2C6H6.C3H6O.C3H8.C2H6O.3C2H6.CH4/c1-7-4-3-5-8(6-7)12-9(10)11-2;1-10-8(9)7-5-3-2-4-6-7;2*1-2-4-6-5-3-1;1-3(2)4;2*1-3-2;3*1-2;/h3-6H,1-2H3;2-6H,1H3;2*1-6H;1-2H3;3H2,1-2H3;1-2H3;3*1-2H3;1H4. The fourth-order valence-corrected chi connectivity index (χ4v) is 2.28. The van der Waals surface area contributed by atoms with Gasteiger partial charge < -0.3 is 23.7 Å². The Balaban J connectivity index is -0.0000000903. The van der Waals surface area contributed by atoms with Gasteiger partial charge in [0.15, 0.2) is 0 Å². The second kappa shape index (κ2) is 57.5. The Hall–Kier alpha value is -4.75. The molecule has 0 radical (unpaired) electrons. The zero-order valence-corrected chi connectivity index (χ0v) is 33.7. The fraction of sp³-hybridized carbons (Fsp3) is 0.386. The van der Waals surface area contributed by atoms with Crippen LogP contribution in [-0.4, -0.2) is 46.3 Å². The molecule has 0 fully saturated rings. The first-order valence-corrected chi connectivity index (χ1v) is 17.0. The highest BCUT2D eigenvalue weighted by atomic mass is 16.7. The highest BCUT2D eigenvalue weighted by Gasteiger charge is 2.02. The molecule has 0 bridgehead atoms. The maximum absolute atomic E-state index is 10.8. The van der Waals surface area contributed by atoms with Gasteiger partial charge in [-0.3, -0.25) is 0 Å². The van der Waals surface area contributed by atoms with Crippen molar-refractivity contribution in [2.75, 3.05) is 28.4 Å². The molecule has 0 N–H and O–H groups in total. The summed E-state index contributed by atoms with van der Waals surface area (Å²) in [5, 5.41) is 0. The van der Waals surface area contributed by atoms with Gasteiger partial charge in [-0.05, 0) is 50.6 Å². The highest BCUT2D eigenvalue weighted by molar-refractivity contribution is 5.89. The third kappa shape index (κ3) is 61.0. The second-order valence-electron chi connectivity index (χ2n) is 8.56. The number of hydrogen-bond donors (Lipinski definition) is 0. The molecule has 7 nitrogen and oxygen atoms in total. The van der Waals surface area contributed by atoms with Crippen LogP contribution in [0.15, 0.2) is 127 Å². The number of rotatable bonds is 2. The van der Waals surface area contributed by atoms with Crippen LogP contribution in [0.5, 0.6) is 5.75 Å². The van der Waals surface area contributed by atoms with Gasteiger partial charge in [-0.1, -0.05) is 172 Å². The number of ether oxygens (including phenoxy) is 4. The summed E-state index contributed by atoms with van der Waals surface area (Å²) >= 11 is 0. The molecule has 4 aromatic rings. The summed E-state index contributed by atoms with van der Waals surface area (Å²) < 4.78 is 17.9. The van der Waals surface area contributed by atoms with E-state index in [4.69, 9.17) is 4.74 Å². The molecule has 0 atom stereocenters. The van der Waals surface area contributed by atoms with E-state index in [0.29, 0.717) is 11.3 Å². The minimum atomic E-state index is -0.694. The maximum Gasteiger partial charge on any atom is 0.513 e. The molecule has 0 aliphatic heterocycles. The van der Waals surface area contributed by atoms with Gasteiger partial charge in [0.2, 0.25) is 0 Å². The Morgan fingerprint density at radius 1 is 0.529 bits per heavy atom. The normalized spacial score (nSPS) is 7.35. The molecule has 4 aromatic carbocycles. The fourth-order valence-electron chi connectivity index (χ4n) is 2.28. The quantitative estimate of drug-likeness (QED) is 0.151. The van der Waals surface area contributed by atoms with E-state index < -0.39 is 6.16 Å². The van der Waals surface area contributed by atoms with Crippen molar-refractivity contribution in [1.82, 2.24) is 0 Å². The van der Waals surface area contributed by atoms with Crippen LogP contribution < -0.4 is 4.74 Å². The molecule has 51 heavy (non-hydrogen) atoms. The van der Waals surface area contributed by atoms with E-state index in [2.05, 4.69) is 28.1 Å². The van der Waals surface area contributed by atoms with Crippen molar-refractivity contribution in [3.8, 4) is 5.75 Å². The van der Waals surface area contributed by atoms with Crippen LogP contribution in [-0.2, 0) is 19.0 Å². The van der Waals surface area contributed by atoms with Gasteiger partial charge in [0.1, 0.15) is 11.5 Å². The molecule has 0 unspecified atom stereocenters. The molecule has 0 aromatic heterocycles. The van der Waals surface area contributed by atoms with E-state index in [-0.39, 0.29) is 19.2 Å². The first kappa shape index (κ1) is 61.5. The number of hydrogen-bond acceptors (Lipinski definition) is 7. The number of aryl methyl sites for hydroxylation is 1. The first-order valence-electron chi connectivity index (χ1n) is 17.0. The lowest BCUT2D eigenvalue weighted by molar-refractivity contribution is -0.115. The molecule has 0 saturated heterocycles. The molecular formula is C44H72O7. The summed E-state index contributed by atoms with van der Waals surface area (Å²) in [6, 6.07) is 40.1. The molecule has 0 spiro atoms. The molecule has 0 heterocycles. The van der Waals surface area contributed by atoms with Crippen molar-refractivity contribution in [1.29, 1.82) is 0 Å². The predicted octanol–water partition coefficient (Wildman–Crippen LogP) is 13.0. The Morgan fingerprint density at radius 2 is 0.824 bits per heavy atom. The van der Waals surface area contributed by atoms with E-state index in [1.807, 2.05) is 139 Å². The van der Waals surface area contributed by atoms with Crippen molar-refractivity contribution in [3.05, 3.63) is 139 Å². The molecule has 7 heteroatoms. The zero-order valence-electron chi connectivity index (χ0n) is 33.7. The minimum absolute atomic E-state index is 0. The smallest absolute Gasteiger partial charge is 0.465 e. The maximum atomic E-state index is 10.8. The van der Waals surface area contributed by atoms with Crippen molar-refractivity contribution < 1.29 is 33.3 Å². The number of carbonyl (C=O) groups excluding carboxylic acids is 3. The predicted molar refractivity (Wildman–Crippen MR) is 221 cm³/mol. The number of carbonyl (C=O) groups is 3. The van der Waals surface area contributed by atoms with Gasteiger partial charge in [0.05, 0.1) is 19.8 Å². The van der Waals surface area contributed by atoms with Gasteiger partial charge in [-0.15, -0.1) is 0 Å². The van der Waals surface area contributed by atoms with Crippen LogP contribution in [0.2, 0.25) is 0 Å². The van der Waals surface area contributed by atoms with Gasteiger partial charge in [0, 0.05) is 14.2 Å². The van der Waals surface area contributed by atoms with Crippen molar-refractivity contribution in [3.63, 3.8) is 0 Å². The topological polar surface area (TPSA) is 88.1 Å². The molecular weight excluding hydrogens is 640 g/mol. The van der Waals surface area contributed by atoms with E-state index in [9.17, 15) is 14.4 Å². The molecule has 0 amide bonds. The van der Waals surface area contributed by atoms with Gasteiger partial charge >= 0.3 is 12.1 Å². The van der Waals surface area contributed by atoms with Crippen LogP contribution in [0.4, 0.5) is 4.79 Å². The van der Waals surface area contributed by atoms with Crippen LogP contribution in [0, 0.1) is 6.92 Å². The molecule has 0 saturated carbocycles. The van der Waals surface area contributed by atoms with Crippen molar-refractivity contribution >= 4 is 17.9 Å². The number of esters is 1. The number of methoxy groups -OCH3 is 3. The van der Waals surface area contributed by atoms with E-state index >= 15 is 0 Å². The highest BCUT2D eigenvalue weighted by Crippen LogP contribution is 2.12. The Bertz CT molecular complexity index is 1080. The van der Waals surface area contributed by atoms with E-state index in [0.717, 1.165) is 5.56 Å². The minimum Gasteiger partial charge on any atom is -0.465 e. The monoisotopic (exact) mass is 713 g/mol. The molecule has 0 aliphatic carbocycles. The summed E-state index contributed by atoms with van der Waals surface area (Å²) in [6.45, 7) is 21.2. The molecule has 290 valence electrons. The molecule has 4 rings (SSSR count). The summed E-state index contributed by atoms with van der Waals surface area (Å²) in [5.74, 6) is 0.377. The summed E-state index contributed by atoms with van der Waals surface area (Å²) in [5.41, 5.74) is 1.63. The zero-order chi connectivity index (χ0) is 39.8. The summed E-state index contributed by atoms with van der Waals surface area (Å²) in [6.07, 6.45) is 0.556. The largest absolute Gasteiger partial charge is 0.513 e. The first-order chi connectivity index (χ1) is 24.1.